The highest BCUT2D eigenvalue weighted by molar-refractivity contribution is 5.72. The van der Waals surface area contributed by atoms with Crippen molar-refractivity contribution in [2.75, 3.05) is 6.61 Å². The largest absolute Gasteiger partial charge is 0.493 e. The predicted molar refractivity (Wildman–Crippen MR) is 121 cm³/mol. The molecule has 0 N–H and O–H groups in total. The molecule has 1 aliphatic heterocycles. The van der Waals surface area contributed by atoms with Gasteiger partial charge in [0, 0.05) is 12.0 Å². The molecular weight excluding hydrogens is 418 g/mol. The molecule has 2 atom stereocenters. The normalized spacial score (nSPS) is 19.0. The van der Waals surface area contributed by atoms with E-state index in [1.165, 1.54) is 4.57 Å². The highest BCUT2D eigenvalue weighted by Crippen LogP contribution is 2.35. The van der Waals surface area contributed by atoms with Crippen LogP contribution in [0.3, 0.4) is 0 Å². The van der Waals surface area contributed by atoms with E-state index in [4.69, 9.17) is 9.72 Å². The Morgan fingerprint density at radius 1 is 1.27 bits per heavy atom. The molecule has 3 aromatic heterocycles. The summed E-state index contributed by atoms with van der Waals surface area (Å²) in [6, 6.07) is 9.57. The predicted octanol–water partition coefficient (Wildman–Crippen LogP) is 2.88. The van der Waals surface area contributed by atoms with E-state index in [1.807, 2.05) is 34.9 Å². The summed E-state index contributed by atoms with van der Waals surface area (Å²) in [5, 5.41) is 9.34. The summed E-state index contributed by atoms with van der Waals surface area (Å²) in [5.41, 5.74) is 3.64. The number of hydrogen-bond donors (Lipinski definition) is 0. The van der Waals surface area contributed by atoms with Gasteiger partial charge in [0.2, 0.25) is 5.95 Å². The van der Waals surface area contributed by atoms with E-state index in [-0.39, 0.29) is 18.3 Å². The van der Waals surface area contributed by atoms with Gasteiger partial charge in [0.15, 0.2) is 5.65 Å². The monoisotopic (exact) mass is 439 g/mol. The van der Waals surface area contributed by atoms with E-state index >= 15 is 0 Å². The van der Waals surface area contributed by atoms with Crippen molar-refractivity contribution < 1.29 is 4.74 Å². The number of nitriles is 1. The maximum absolute atomic E-state index is 13.5. The number of fused-ring (bicyclic) bond motifs is 3. The second-order valence-electron chi connectivity index (χ2n) is 8.45. The number of hydrogen-bond acceptors (Lipinski definition) is 6. The first-order valence-electron chi connectivity index (χ1n) is 11.0. The summed E-state index contributed by atoms with van der Waals surface area (Å²) < 4.78 is 10.8. The summed E-state index contributed by atoms with van der Waals surface area (Å²) in [7, 11) is 0. The molecule has 33 heavy (non-hydrogen) atoms. The quantitative estimate of drug-likeness (QED) is 0.486. The minimum absolute atomic E-state index is 0.0724. The standard InChI is InChI=1S/C24H21N7O2/c1-15-6-7-19-17(12-15)27-14-30(19)23-26-13-20-22(28-23)31(24(32)29(20)10-9-25)18-8-11-33-21-5-3-2-4-16(18)21/h2-7,13-15,18H,8,10-12H2,1H3/t15?,18-/m1/s1. The lowest BCUT2D eigenvalue weighted by Crippen LogP contribution is -2.31. The van der Waals surface area contributed by atoms with Crippen LogP contribution >= 0.6 is 0 Å². The van der Waals surface area contributed by atoms with Crippen LogP contribution in [-0.2, 0) is 13.0 Å². The molecule has 9 nitrogen and oxygen atoms in total. The van der Waals surface area contributed by atoms with Gasteiger partial charge in [0.05, 0.1) is 36.3 Å². The van der Waals surface area contributed by atoms with Crippen LogP contribution in [0.15, 0.2) is 47.7 Å². The number of benzene rings is 1. The first-order chi connectivity index (χ1) is 16.2. The molecule has 0 saturated heterocycles. The molecule has 9 heteroatoms. The van der Waals surface area contributed by atoms with Crippen LogP contribution in [0.4, 0.5) is 0 Å². The Morgan fingerprint density at radius 3 is 3.03 bits per heavy atom. The third-order valence-electron chi connectivity index (χ3n) is 6.36. The minimum Gasteiger partial charge on any atom is -0.493 e. The van der Waals surface area contributed by atoms with Gasteiger partial charge in [0.1, 0.15) is 24.1 Å². The van der Waals surface area contributed by atoms with Crippen LogP contribution in [0.5, 0.6) is 5.75 Å². The molecule has 4 heterocycles. The van der Waals surface area contributed by atoms with Gasteiger partial charge in [-0.1, -0.05) is 31.2 Å². The number of ether oxygens (including phenoxy) is 1. The number of rotatable bonds is 3. The van der Waals surface area contributed by atoms with Gasteiger partial charge in [0.25, 0.3) is 0 Å². The fourth-order valence-electron chi connectivity index (χ4n) is 4.78. The Morgan fingerprint density at radius 2 is 2.15 bits per heavy atom. The van der Waals surface area contributed by atoms with Crippen LogP contribution in [-0.4, -0.2) is 35.3 Å². The van der Waals surface area contributed by atoms with Gasteiger partial charge >= 0.3 is 5.69 Å². The molecule has 0 radical (unpaired) electrons. The van der Waals surface area contributed by atoms with Gasteiger partial charge in [-0.3, -0.25) is 13.7 Å². The van der Waals surface area contributed by atoms with Crippen molar-refractivity contribution in [3.8, 4) is 17.8 Å². The van der Waals surface area contributed by atoms with Crippen molar-refractivity contribution in [1.29, 1.82) is 5.26 Å². The van der Waals surface area contributed by atoms with E-state index in [0.29, 0.717) is 36.1 Å². The van der Waals surface area contributed by atoms with Crippen LogP contribution in [0.2, 0.25) is 0 Å². The molecular formula is C24H21N7O2. The van der Waals surface area contributed by atoms with Gasteiger partial charge in [-0.05, 0) is 24.5 Å². The molecule has 6 rings (SSSR count). The fraction of sp³-hybridized carbons (Fsp3) is 0.292. The number of nitrogens with zero attached hydrogens (tertiary/aromatic N) is 7. The SMILES string of the molecule is CC1C=Cc2c(ncn2-c2ncc3c(n2)n([C@@H]2CCOc4ccccc42)c(=O)n3CC#N)C1. The Labute approximate surface area is 189 Å². The van der Waals surface area contributed by atoms with Crippen LogP contribution < -0.4 is 10.4 Å². The van der Waals surface area contributed by atoms with E-state index in [9.17, 15) is 10.1 Å². The molecule has 1 aliphatic carbocycles. The Balaban J connectivity index is 1.57. The molecule has 0 saturated carbocycles. The van der Waals surface area contributed by atoms with Crippen molar-refractivity contribution >= 4 is 17.2 Å². The average molecular weight is 439 g/mol. The maximum atomic E-state index is 13.5. The molecule has 0 fully saturated rings. The van der Waals surface area contributed by atoms with Gasteiger partial charge < -0.3 is 4.74 Å². The first kappa shape index (κ1) is 19.5. The molecule has 164 valence electrons. The summed E-state index contributed by atoms with van der Waals surface area (Å²) in [4.78, 5) is 27.4. The van der Waals surface area contributed by atoms with Gasteiger partial charge in [-0.25, -0.2) is 14.8 Å². The molecule has 0 bridgehead atoms. The second kappa shape index (κ2) is 7.45. The zero-order chi connectivity index (χ0) is 22.5. The Kier molecular flexibility index (Phi) is 4.40. The number of allylic oxidation sites excluding steroid dienone is 1. The lowest BCUT2D eigenvalue weighted by atomic mass is 9.98. The minimum atomic E-state index is -0.277. The van der Waals surface area contributed by atoms with Crippen LogP contribution in [0.25, 0.3) is 23.2 Å². The molecule has 1 aromatic carbocycles. The number of aromatic nitrogens is 6. The smallest absolute Gasteiger partial charge is 0.331 e. The van der Waals surface area contributed by atoms with E-state index in [0.717, 1.165) is 29.1 Å². The molecule has 2 aliphatic rings. The first-order valence-corrected chi connectivity index (χ1v) is 11.0. The van der Waals surface area contributed by atoms with Crippen molar-refractivity contribution in [1.82, 2.24) is 28.7 Å². The van der Waals surface area contributed by atoms with Crippen molar-refractivity contribution in [3.05, 3.63) is 70.3 Å². The van der Waals surface area contributed by atoms with Crippen molar-refractivity contribution in [3.63, 3.8) is 0 Å². The molecule has 1 unspecified atom stereocenters. The Hall–Kier alpha value is -4.19. The third-order valence-corrected chi connectivity index (χ3v) is 6.36. The lowest BCUT2D eigenvalue weighted by Gasteiger charge is -2.26. The lowest BCUT2D eigenvalue weighted by molar-refractivity contribution is 0.256. The summed E-state index contributed by atoms with van der Waals surface area (Å²) in [5.74, 6) is 1.64. The molecule has 0 spiro atoms. The van der Waals surface area contributed by atoms with Crippen molar-refractivity contribution in [2.24, 2.45) is 5.92 Å². The molecule has 4 aromatic rings. The van der Waals surface area contributed by atoms with Crippen LogP contribution in [0.1, 0.15) is 36.3 Å². The average Bonchev–Trinajstić information content (AvgIpc) is 3.37. The van der Waals surface area contributed by atoms with E-state index in [2.05, 4.69) is 29.0 Å². The Bertz CT molecular complexity index is 1520. The zero-order valence-corrected chi connectivity index (χ0v) is 18.0. The summed E-state index contributed by atoms with van der Waals surface area (Å²) in [6.07, 6.45) is 9.04. The highest BCUT2D eigenvalue weighted by Gasteiger charge is 2.29. The van der Waals surface area contributed by atoms with Crippen molar-refractivity contribution in [2.45, 2.75) is 32.4 Å². The summed E-state index contributed by atoms with van der Waals surface area (Å²) in [6.45, 7) is 2.58. The highest BCUT2D eigenvalue weighted by atomic mass is 16.5. The number of imidazole rings is 2. The zero-order valence-electron chi connectivity index (χ0n) is 18.0. The fourth-order valence-corrected chi connectivity index (χ4v) is 4.78. The maximum Gasteiger partial charge on any atom is 0.331 e. The third kappa shape index (κ3) is 2.98. The number of para-hydroxylation sites is 1. The van der Waals surface area contributed by atoms with E-state index < -0.39 is 0 Å². The van der Waals surface area contributed by atoms with Crippen LogP contribution in [0, 0.1) is 17.2 Å². The summed E-state index contributed by atoms with van der Waals surface area (Å²) >= 11 is 0. The van der Waals surface area contributed by atoms with E-state index in [1.54, 1.807) is 17.1 Å². The second-order valence-corrected chi connectivity index (χ2v) is 8.45. The molecule has 0 amide bonds. The van der Waals surface area contributed by atoms with Gasteiger partial charge in [-0.2, -0.15) is 10.2 Å². The van der Waals surface area contributed by atoms with Gasteiger partial charge in [-0.15, -0.1) is 0 Å². The topological polar surface area (TPSA) is 104 Å².